The highest BCUT2D eigenvalue weighted by atomic mass is 16.5. The molecule has 0 radical (unpaired) electrons. The van der Waals surface area contributed by atoms with Crippen molar-refractivity contribution in [3.8, 4) is 0 Å². The van der Waals surface area contributed by atoms with E-state index in [1.54, 1.807) is 23.1 Å². The Kier molecular flexibility index (Phi) is 5.54. The van der Waals surface area contributed by atoms with Crippen LogP contribution in [-0.4, -0.2) is 57.2 Å². The smallest absolute Gasteiger partial charge is 0.337 e. The van der Waals surface area contributed by atoms with E-state index in [0.717, 1.165) is 0 Å². The SMILES string of the molecule is COC(=O)c1cccc(NC(=O)NC2=C(CN(C)C)C(=O)OC2)c1. The maximum absolute atomic E-state index is 12.1. The molecule has 8 nitrogen and oxygen atoms in total. The summed E-state index contributed by atoms with van der Waals surface area (Å²) in [5.74, 6) is -0.934. The zero-order valence-corrected chi connectivity index (χ0v) is 13.7. The second-order valence-corrected chi connectivity index (χ2v) is 5.42. The largest absolute Gasteiger partial charge is 0.465 e. The van der Waals surface area contributed by atoms with Crippen LogP contribution in [0.25, 0.3) is 0 Å². The number of methoxy groups -OCH3 is 1. The number of benzene rings is 1. The predicted octanol–water partition coefficient (Wildman–Crippen LogP) is 0.967. The third kappa shape index (κ3) is 4.32. The number of rotatable bonds is 5. The number of nitrogens with one attached hydrogen (secondary N) is 2. The number of cyclic esters (lactones) is 1. The van der Waals surface area contributed by atoms with Crippen molar-refractivity contribution in [2.45, 2.75) is 0 Å². The Morgan fingerprint density at radius 2 is 2.04 bits per heavy atom. The molecule has 1 aromatic rings. The lowest BCUT2D eigenvalue weighted by Gasteiger charge is -2.12. The fraction of sp³-hybridized carbons (Fsp3) is 0.312. The average molecular weight is 333 g/mol. The zero-order chi connectivity index (χ0) is 17.7. The summed E-state index contributed by atoms with van der Waals surface area (Å²) in [4.78, 5) is 37.1. The van der Waals surface area contributed by atoms with Crippen molar-refractivity contribution in [3.63, 3.8) is 0 Å². The van der Waals surface area contributed by atoms with Crippen LogP contribution in [-0.2, 0) is 14.3 Å². The number of hydrogen-bond acceptors (Lipinski definition) is 6. The van der Waals surface area contributed by atoms with E-state index in [-0.39, 0.29) is 6.61 Å². The first-order valence-electron chi connectivity index (χ1n) is 7.21. The number of carbonyl (C=O) groups excluding carboxylic acids is 3. The number of urea groups is 1. The summed E-state index contributed by atoms with van der Waals surface area (Å²) in [6.45, 7) is 0.393. The molecule has 2 amide bonds. The van der Waals surface area contributed by atoms with Crippen molar-refractivity contribution in [1.82, 2.24) is 10.2 Å². The first kappa shape index (κ1) is 17.5. The van der Waals surface area contributed by atoms with Crippen molar-refractivity contribution in [2.24, 2.45) is 0 Å². The van der Waals surface area contributed by atoms with Gasteiger partial charge in [-0.25, -0.2) is 14.4 Å². The summed E-state index contributed by atoms with van der Waals surface area (Å²) in [7, 11) is 4.91. The van der Waals surface area contributed by atoms with Gasteiger partial charge in [0, 0.05) is 12.2 Å². The van der Waals surface area contributed by atoms with Crippen LogP contribution in [0.3, 0.4) is 0 Å². The van der Waals surface area contributed by atoms with E-state index >= 15 is 0 Å². The molecule has 2 N–H and O–H groups in total. The molecule has 0 aliphatic carbocycles. The maximum atomic E-state index is 12.1. The van der Waals surface area contributed by atoms with Crippen LogP contribution < -0.4 is 10.6 Å². The minimum atomic E-state index is -0.526. The Morgan fingerprint density at radius 3 is 2.71 bits per heavy atom. The number of nitrogens with zero attached hydrogens (tertiary/aromatic N) is 1. The number of hydrogen-bond donors (Lipinski definition) is 2. The molecule has 0 spiro atoms. The Balaban J connectivity index is 2.06. The predicted molar refractivity (Wildman–Crippen MR) is 86.5 cm³/mol. The monoisotopic (exact) mass is 333 g/mol. The van der Waals surface area contributed by atoms with Crippen molar-refractivity contribution in [3.05, 3.63) is 41.1 Å². The lowest BCUT2D eigenvalue weighted by molar-refractivity contribution is -0.136. The van der Waals surface area contributed by atoms with Gasteiger partial charge in [-0.15, -0.1) is 0 Å². The van der Waals surface area contributed by atoms with Gasteiger partial charge in [0.25, 0.3) is 0 Å². The lowest BCUT2D eigenvalue weighted by atomic mass is 10.2. The highest BCUT2D eigenvalue weighted by Gasteiger charge is 2.26. The lowest BCUT2D eigenvalue weighted by Crippen LogP contribution is -2.30. The quantitative estimate of drug-likeness (QED) is 0.779. The van der Waals surface area contributed by atoms with E-state index in [1.165, 1.54) is 13.2 Å². The molecule has 0 saturated heterocycles. The van der Waals surface area contributed by atoms with Gasteiger partial charge >= 0.3 is 18.0 Å². The molecule has 2 rings (SSSR count). The van der Waals surface area contributed by atoms with Gasteiger partial charge < -0.3 is 25.0 Å². The van der Waals surface area contributed by atoms with Crippen LogP contribution in [0, 0.1) is 0 Å². The van der Waals surface area contributed by atoms with E-state index in [1.807, 2.05) is 14.1 Å². The third-order valence-corrected chi connectivity index (χ3v) is 3.24. The summed E-state index contributed by atoms with van der Waals surface area (Å²) in [5, 5.41) is 5.22. The van der Waals surface area contributed by atoms with Crippen LogP contribution in [0.5, 0.6) is 0 Å². The van der Waals surface area contributed by atoms with Crippen LogP contribution in [0.4, 0.5) is 10.5 Å². The number of anilines is 1. The van der Waals surface area contributed by atoms with Gasteiger partial charge in [0.1, 0.15) is 6.61 Å². The van der Waals surface area contributed by atoms with Crippen LogP contribution in [0.2, 0.25) is 0 Å². The fourth-order valence-corrected chi connectivity index (χ4v) is 2.16. The van der Waals surface area contributed by atoms with E-state index in [9.17, 15) is 14.4 Å². The van der Waals surface area contributed by atoms with Crippen LogP contribution in [0.15, 0.2) is 35.5 Å². The molecule has 0 atom stereocenters. The molecule has 1 aromatic carbocycles. The Morgan fingerprint density at radius 1 is 1.29 bits per heavy atom. The second kappa shape index (κ2) is 7.60. The molecular formula is C16H19N3O5. The Bertz CT molecular complexity index is 697. The Labute approximate surface area is 139 Å². The van der Waals surface area contributed by atoms with Gasteiger partial charge in [-0.3, -0.25) is 0 Å². The summed E-state index contributed by atoms with van der Waals surface area (Å²) < 4.78 is 9.59. The normalized spacial score (nSPS) is 13.8. The summed E-state index contributed by atoms with van der Waals surface area (Å²) >= 11 is 0. The van der Waals surface area contributed by atoms with E-state index in [2.05, 4.69) is 15.4 Å². The maximum Gasteiger partial charge on any atom is 0.337 e. The number of amides is 2. The summed E-state index contributed by atoms with van der Waals surface area (Å²) in [6.07, 6.45) is 0. The molecule has 24 heavy (non-hydrogen) atoms. The average Bonchev–Trinajstić information content (AvgIpc) is 2.86. The topological polar surface area (TPSA) is 97.0 Å². The van der Waals surface area contributed by atoms with Gasteiger partial charge in [0.15, 0.2) is 0 Å². The number of carbonyl (C=O) groups is 3. The van der Waals surface area contributed by atoms with Gasteiger partial charge in [0.05, 0.1) is 23.9 Å². The van der Waals surface area contributed by atoms with Gasteiger partial charge in [-0.05, 0) is 32.3 Å². The summed E-state index contributed by atoms with van der Waals surface area (Å²) in [5.41, 5.74) is 1.59. The molecule has 0 unspecified atom stereocenters. The molecule has 0 bridgehead atoms. The van der Waals surface area contributed by atoms with Crippen molar-refractivity contribution in [1.29, 1.82) is 0 Å². The number of likely N-dealkylation sites (N-methyl/N-ethyl adjacent to an activating group) is 1. The first-order valence-corrected chi connectivity index (χ1v) is 7.21. The van der Waals surface area contributed by atoms with Gasteiger partial charge in [-0.2, -0.15) is 0 Å². The first-order chi connectivity index (χ1) is 11.4. The highest BCUT2D eigenvalue weighted by Crippen LogP contribution is 2.15. The van der Waals surface area contributed by atoms with E-state index in [0.29, 0.717) is 29.1 Å². The highest BCUT2D eigenvalue weighted by molar-refractivity contribution is 5.97. The van der Waals surface area contributed by atoms with E-state index < -0.39 is 18.0 Å². The molecule has 1 heterocycles. The standard InChI is InChI=1S/C16H19N3O5/c1-19(2)8-12-13(9-24-15(12)21)18-16(22)17-11-6-4-5-10(7-11)14(20)23-3/h4-7H,8-9H2,1-3H3,(H2,17,18,22). The Hall–Kier alpha value is -2.87. The van der Waals surface area contributed by atoms with Gasteiger partial charge in [0.2, 0.25) is 0 Å². The summed E-state index contributed by atoms with van der Waals surface area (Å²) in [6, 6.07) is 5.81. The molecule has 0 saturated carbocycles. The molecule has 1 aliphatic heterocycles. The molecule has 1 aliphatic rings. The van der Waals surface area contributed by atoms with E-state index in [4.69, 9.17) is 4.74 Å². The molecule has 0 aromatic heterocycles. The second-order valence-electron chi connectivity index (χ2n) is 5.42. The van der Waals surface area contributed by atoms with Crippen molar-refractivity contribution < 1.29 is 23.9 Å². The minimum absolute atomic E-state index is 0.0254. The number of esters is 2. The van der Waals surface area contributed by atoms with Crippen LogP contribution in [0.1, 0.15) is 10.4 Å². The van der Waals surface area contributed by atoms with Crippen molar-refractivity contribution in [2.75, 3.05) is 39.7 Å². The molecule has 128 valence electrons. The van der Waals surface area contributed by atoms with Crippen molar-refractivity contribution >= 4 is 23.7 Å². The minimum Gasteiger partial charge on any atom is -0.465 e. The zero-order valence-electron chi connectivity index (χ0n) is 13.7. The fourth-order valence-electron chi connectivity index (χ4n) is 2.16. The number of ether oxygens (including phenoxy) is 2. The molecule has 8 heteroatoms. The van der Waals surface area contributed by atoms with Gasteiger partial charge in [-0.1, -0.05) is 6.07 Å². The van der Waals surface area contributed by atoms with Crippen LogP contribution >= 0.6 is 0 Å². The molecule has 0 fully saturated rings. The third-order valence-electron chi connectivity index (χ3n) is 3.24. The molecular weight excluding hydrogens is 314 g/mol.